The van der Waals surface area contributed by atoms with Crippen LogP contribution < -0.4 is 5.48 Å². The Bertz CT molecular complexity index is 747. The molecule has 24 heavy (non-hydrogen) atoms. The highest BCUT2D eigenvalue weighted by Crippen LogP contribution is 2.24. The number of rotatable bonds is 4. The standard InChI is InChI=1S/C19H23N3O2/c1-13-10-20-14(2)18(13)12-22-8-7-16-5-3-15(9-17(16)11-22)4-6-19(23)21-24/h3-6,9,24H,7-8,10-12H2,1-2H3,(H,21,23)/b6-4+. The molecule has 3 rings (SSSR count). The second kappa shape index (κ2) is 7.11. The van der Waals surface area contributed by atoms with Crippen LogP contribution in [0.15, 0.2) is 40.4 Å². The first-order chi connectivity index (χ1) is 11.6. The molecule has 1 amide bonds. The largest absolute Gasteiger partial charge is 0.294 e. The minimum atomic E-state index is -0.521. The van der Waals surface area contributed by atoms with Crippen LogP contribution in [0.4, 0.5) is 0 Å². The third-order valence-corrected chi connectivity index (χ3v) is 4.75. The lowest BCUT2D eigenvalue weighted by Gasteiger charge is -2.29. The number of carbonyl (C=O) groups excluding carboxylic acids is 1. The fourth-order valence-corrected chi connectivity index (χ4v) is 3.29. The van der Waals surface area contributed by atoms with E-state index in [1.54, 1.807) is 11.6 Å². The van der Waals surface area contributed by atoms with E-state index in [1.165, 1.54) is 34.1 Å². The Morgan fingerprint density at radius 2 is 2.21 bits per heavy atom. The molecule has 126 valence electrons. The Kier molecular flexibility index (Phi) is 4.92. The SMILES string of the molecule is CC1=NCC(C)=C1CN1CCc2ccc(/C=C/C(=O)NO)cc2C1. The highest BCUT2D eigenvalue weighted by Gasteiger charge is 2.20. The van der Waals surface area contributed by atoms with Crippen LogP contribution in [-0.2, 0) is 17.8 Å². The van der Waals surface area contributed by atoms with Crippen LogP contribution >= 0.6 is 0 Å². The van der Waals surface area contributed by atoms with Gasteiger partial charge in [0, 0.05) is 31.4 Å². The van der Waals surface area contributed by atoms with E-state index in [-0.39, 0.29) is 0 Å². The molecule has 5 nitrogen and oxygen atoms in total. The van der Waals surface area contributed by atoms with Crippen molar-refractivity contribution in [2.75, 3.05) is 19.6 Å². The van der Waals surface area contributed by atoms with Gasteiger partial charge in [-0.1, -0.05) is 18.2 Å². The van der Waals surface area contributed by atoms with Crippen LogP contribution in [-0.4, -0.2) is 41.4 Å². The van der Waals surface area contributed by atoms with Gasteiger partial charge in [0.2, 0.25) is 0 Å². The van der Waals surface area contributed by atoms with E-state index in [1.807, 2.05) is 6.07 Å². The molecule has 5 heteroatoms. The van der Waals surface area contributed by atoms with Crippen molar-refractivity contribution in [2.24, 2.45) is 4.99 Å². The van der Waals surface area contributed by atoms with E-state index in [4.69, 9.17) is 5.21 Å². The molecule has 1 aromatic rings. The predicted octanol–water partition coefficient (Wildman–Crippen LogP) is 2.35. The molecule has 0 saturated heterocycles. The van der Waals surface area contributed by atoms with Gasteiger partial charge in [-0.25, -0.2) is 5.48 Å². The molecule has 0 radical (unpaired) electrons. The van der Waals surface area contributed by atoms with Gasteiger partial charge in [-0.15, -0.1) is 0 Å². The van der Waals surface area contributed by atoms with E-state index in [0.717, 1.165) is 38.2 Å². The van der Waals surface area contributed by atoms with E-state index < -0.39 is 5.91 Å². The Morgan fingerprint density at radius 1 is 1.38 bits per heavy atom. The van der Waals surface area contributed by atoms with Gasteiger partial charge in [-0.3, -0.25) is 19.9 Å². The number of hydroxylamine groups is 1. The summed E-state index contributed by atoms with van der Waals surface area (Å²) in [6.07, 6.45) is 4.08. The van der Waals surface area contributed by atoms with E-state index in [9.17, 15) is 4.79 Å². The maximum absolute atomic E-state index is 11.1. The molecule has 2 aliphatic rings. The van der Waals surface area contributed by atoms with Crippen LogP contribution in [0, 0.1) is 0 Å². The summed E-state index contributed by atoms with van der Waals surface area (Å²) in [7, 11) is 0. The molecule has 0 aliphatic carbocycles. The minimum absolute atomic E-state index is 0.521. The zero-order valence-electron chi connectivity index (χ0n) is 14.2. The smallest absolute Gasteiger partial charge is 0.267 e. The number of benzene rings is 1. The third kappa shape index (κ3) is 3.63. The highest BCUT2D eigenvalue weighted by molar-refractivity contribution is 6.01. The molecule has 1 aromatic carbocycles. The summed E-state index contributed by atoms with van der Waals surface area (Å²) in [5.74, 6) is -0.521. The summed E-state index contributed by atoms with van der Waals surface area (Å²) < 4.78 is 0. The molecule has 0 spiro atoms. The molecule has 2 heterocycles. The zero-order valence-corrected chi connectivity index (χ0v) is 14.2. The Morgan fingerprint density at radius 3 is 2.92 bits per heavy atom. The second-order valence-electron chi connectivity index (χ2n) is 6.46. The Labute approximate surface area is 142 Å². The number of hydrogen-bond acceptors (Lipinski definition) is 4. The molecule has 0 atom stereocenters. The number of nitrogens with zero attached hydrogens (tertiary/aromatic N) is 2. The lowest BCUT2D eigenvalue weighted by Crippen LogP contribution is -2.33. The van der Waals surface area contributed by atoms with E-state index >= 15 is 0 Å². The number of amides is 1. The first-order valence-electron chi connectivity index (χ1n) is 8.23. The number of nitrogens with one attached hydrogen (secondary N) is 1. The number of carbonyl (C=O) groups is 1. The van der Waals surface area contributed by atoms with Crippen LogP contribution in [0.3, 0.4) is 0 Å². The molecule has 2 aliphatic heterocycles. The van der Waals surface area contributed by atoms with Crippen LogP contribution in [0.25, 0.3) is 6.08 Å². The molecular weight excluding hydrogens is 302 g/mol. The van der Waals surface area contributed by atoms with Crippen molar-refractivity contribution in [1.82, 2.24) is 10.4 Å². The summed E-state index contributed by atoms with van der Waals surface area (Å²) >= 11 is 0. The van der Waals surface area contributed by atoms with Crippen molar-refractivity contribution in [3.05, 3.63) is 52.1 Å². The molecular formula is C19H23N3O2. The average molecular weight is 325 g/mol. The van der Waals surface area contributed by atoms with E-state index in [0.29, 0.717) is 0 Å². The fraction of sp³-hybridized carbons (Fsp3) is 0.368. The van der Waals surface area contributed by atoms with Gasteiger partial charge < -0.3 is 0 Å². The van der Waals surface area contributed by atoms with Crippen LogP contribution in [0.1, 0.15) is 30.5 Å². The summed E-state index contributed by atoms with van der Waals surface area (Å²) in [5, 5.41) is 8.55. The lowest BCUT2D eigenvalue weighted by atomic mass is 9.96. The predicted molar refractivity (Wildman–Crippen MR) is 95.1 cm³/mol. The first-order valence-corrected chi connectivity index (χ1v) is 8.23. The molecule has 0 saturated carbocycles. The highest BCUT2D eigenvalue weighted by atomic mass is 16.5. The van der Waals surface area contributed by atoms with Gasteiger partial charge >= 0.3 is 0 Å². The topological polar surface area (TPSA) is 64.9 Å². The quantitative estimate of drug-likeness (QED) is 0.507. The Hall–Kier alpha value is -2.24. The number of hydrogen-bond donors (Lipinski definition) is 2. The Balaban J connectivity index is 1.72. The normalized spacial score (nSPS) is 18.0. The summed E-state index contributed by atoms with van der Waals surface area (Å²) in [4.78, 5) is 18.1. The number of aliphatic imine (C=N–C) groups is 1. The summed E-state index contributed by atoms with van der Waals surface area (Å²) in [5.41, 5.74) is 9.18. The molecule has 0 aromatic heterocycles. The second-order valence-corrected chi connectivity index (χ2v) is 6.46. The van der Waals surface area contributed by atoms with Crippen LogP contribution in [0.2, 0.25) is 0 Å². The maximum atomic E-state index is 11.1. The van der Waals surface area contributed by atoms with Crippen molar-refractivity contribution < 1.29 is 10.0 Å². The molecule has 0 fully saturated rings. The maximum Gasteiger partial charge on any atom is 0.267 e. The molecule has 0 bridgehead atoms. The zero-order chi connectivity index (χ0) is 17.1. The van der Waals surface area contributed by atoms with Crippen molar-refractivity contribution in [3.8, 4) is 0 Å². The molecule has 2 N–H and O–H groups in total. The van der Waals surface area contributed by atoms with Gasteiger partial charge in [0.15, 0.2) is 0 Å². The van der Waals surface area contributed by atoms with Gasteiger partial charge in [0.1, 0.15) is 0 Å². The molecule has 0 unspecified atom stereocenters. The van der Waals surface area contributed by atoms with Crippen molar-refractivity contribution in [1.29, 1.82) is 0 Å². The third-order valence-electron chi connectivity index (χ3n) is 4.75. The van der Waals surface area contributed by atoms with Crippen LogP contribution in [0.5, 0.6) is 0 Å². The van der Waals surface area contributed by atoms with Crippen molar-refractivity contribution >= 4 is 17.7 Å². The summed E-state index contributed by atoms with van der Waals surface area (Å²) in [6, 6.07) is 6.27. The lowest BCUT2D eigenvalue weighted by molar-refractivity contribution is -0.124. The first kappa shape index (κ1) is 16.6. The van der Waals surface area contributed by atoms with Gasteiger partial charge in [-0.2, -0.15) is 0 Å². The fourth-order valence-electron chi connectivity index (χ4n) is 3.29. The van der Waals surface area contributed by atoms with Gasteiger partial charge in [0.05, 0.1) is 6.54 Å². The number of fused-ring (bicyclic) bond motifs is 1. The summed E-state index contributed by atoms with van der Waals surface area (Å²) in [6.45, 7) is 8.02. The van der Waals surface area contributed by atoms with E-state index in [2.05, 4.69) is 35.9 Å². The average Bonchev–Trinajstić information content (AvgIpc) is 2.91. The monoisotopic (exact) mass is 325 g/mol. The minimum Gasteiger partial charge on any atom is -0.294 e. The van der Waals surface area contributed by atoms with Crippen molar-refractivity contribution in [3.63, 3.8) is 0 Å². The van der Waals surface area contributed by atoms with Crippen molar-refractivity contribution in [2.45, 2.75) is 26.8 Å². The van der Waals surface area contributed by atoms with Gasteiger partial charge in [-0.05, 0) is 54.2 Å². The van der Waals surface area contributed by atoms with Gasteiger partial charge in [0.25, 0.3) is 5.91 Å².